The van der Waals surface area contributed by atoms with Crippen molar-refractivity contribution in [2.24, 2.45) is 29.6 Å². The van der Waals surface area contributed by atoms with E-state index in [1.165, 1.54) is 26.0 Å². The maximum atomic E-state index is 14.4. The number of rotatable bonds is 9. The number of cyclic esters (lactones) is 1. The zero-order valence-corrected chi connectivity index (χ0v) is 39.9. The first-order chi connectivity index (χ1) is 29.8. The number of carbonyl (C=O) groups is 6. The van der Waals surface area contributed by atoms with Gasteiger partial charge >= 0.3 is 5.97 Å². The number of amides is 2. The lowest BCUT2D eigenvalue weighted by atomic mass is 9.82. The van der Waals surface area contributed by atoms with Crippen molar-refractivity contribution in [3.05, 3.63) is 23.3 Å². The highest BCUT2D eigenvalue weighted by Crippen LogP contribution is 2.40. The standard InChI is InChI=1S/C47H74N2O13S/c1-11-33-19-26(2)18-27(3)20-38(59-9)43-39(60-10)22-29(5)47(57,62-43)44(54)45(55)49-17-13-12-14-34(49)46(56)61-42(30(6)35(51)24-36(33)52)28(4)21-32-15-16-40(37(23-32)58-8)63-41(53)25-48-31(7)50/h19,21,27,29-30,32-35,37-40,42-43,51,57H,11-18,20,22-25H2,1-10H3,(H,48,50)/b26-19+,28-21?. The molecule has 0 spiro atoms. The quantitative estimate of drug-likeness (QED) is 0.161. The van der Waals surface area contributed by atoms with Crippen molar-refractivity contribution in [1.29, 1.82) is 0 Å². The molecule has 2 saturated heterocycles. The smallest absolute Gasteiger partial charge is 0.329 e. The van der Waals surface area contributed by atoms with Crippen LogP contribution >= 0.6 is 11.8 Å². The maximum Gasteiger partial charge on any atom is 0.329 e. The number of thioether (sulfide) groups is 1. The van der Waals surface area contributed by atoms with Crippen molar-refractivity contribution in [2.75, 3.05) is 34.4 Å². The van der Waals surface area contributed by atoms with Gasteiger partial charge in [0.1, 0.15) is 24.0 Å². The Labute approximate surface area is 378 Å². The van der Waals surface area contributed by atoms with Gasteiger partial charge in [-0.2, -0.15) is 0 Å². The second kappa shape index (κ2) is 24.0. The van der Waals surface area contributed by atoms with E-state index in [0.717, 1.165) is 17.3 Å². The Morgan fingerprint density at radius 2 is 1.62 bits per heavy atom. The SMILES string of the molecule is CCC1/C=C(\C)CC(C)CC(OC)C2OC(O)(C(=O)C(=O)N3CCCCC3C(=O)OC(C(C)=CC3CCC(SC(=O)CNC(C)=O)C(OC)C3)C(C)C(O)CC1=O)C(C)CC2OC. The number of allylic oxidation sites excluding steroid dienone is 3. The molecule has 356 valence electrons. The van der Waals surface area contributed by atoms with E-state index in [-0.39, 0.29) is 72.3 Å². The normalized spacial score (nSPS) is 38.1. The summed E-state index contributed by atoms with van der Waals surface area (Å²) >= 11 is 1.16. The van der Waals surface area contributed by atoms with Crippen LogP contribution < -0.4 is 5.32 Å². The molecule has 3 heterocycles. The summed E-state index contributed by atoms with van der Waals surface area (Å²) in [7, 11) is 4.64. The lowest BCUT2D eigenvalue weighted by Gasteiger charge is -2.47. The molecule has 63 heavy (non-hydrogen) atoms. The molecule has 14 atom stereocenters. The van der Waals surface area contributed by atoms with Gasteiger partial charge in [-0.15, -0.1) is 0 Å². The predicted octanol–water partition coefficient (Wildman–Crippen LogP) is 4.88. The van der Waals surface area contributed by atoms with Crippen LogP contribution in [-0.4, -0.2) is 138 Å². The molecule has 2 bridgehead atoms. The fraction of sp³-hybridized carbons (Fsp3) is 0.787. The van der Waals surface area contributed by atoms with Crippen LogP contribution in [0.2, 0.25) is 0 Å². The number of piperidine rings is 1. The Bertz CT molecular complexity index is 1690. The second-order valence-electron chi connectivity index (χ2n) is 18.5. The van der Waals surface area contributed by atoms with E-state index in [9.17, 15) is 39.0 Å². The zero-order valence-electron chi connectivity index (χ0n) is 39.1. The molecule has 4 aliphatic rings. The van der Waals surface area contributed by atoms with Crippen molar-refractivity contribution in [3.8, 4) is 0 Å². The molecular formula is C47H74N2O13S. The summed E-state index contributed by atoms with van der Waals surface area (Å²) in [5.41, 5.74) is 1.62. The number of esters is 1. The van der Waals surface area contributed by atoms with Gasteiger partial charge in [-0.05, 0) is 95.5 Å². The molecule has 3 aliphatic heterocycles. The summed E-state index contributed by atoms with van der Waals surface area (Å²) in [6.07, 6.45) is 4.17. The molecule has 0 aromatic rings. The Balaban J connectivity index is 1.71. The Kier molecular flexibility index (Phi) is 20.0. The number of aliphatic hydroxyl groups excluding tert-OH is 1. The van der Waals surface area contributed by atoms with Gasteiger partial charge in [0.15, 0.2) is 0 Å². The van der Waals surface area contributed by atoms with Crippen LogP contribution in [0, 0.1) is 29.6 Å². The minimum atomic E-state index is -2.53. The average Bonchev–Trinajstić information content (AvgIpc) is 3.25. The number of carbonyl (C=O) groups excluding carboxylic acids is 6. The summed E-state index contributed by atoms with van der Waals surface area (Å²) in [6.45, 7) is 12.5. The van der Waals surface area contributed by atoms with Gasteiger partial charge in [-0.25, -0.2) is 4.79 Å². The molecule has 15 nitrogen and oxygen atoms in total. The van der Waals surface area contributed by atoms with E-state index in [2.05, 4.69) is 5.32 Å². The van der Waals surface area contributed by atoms with E-state index in [4.69, 9.17) is 23.7 Å². The van der Waals surface area contributed by atoms with E-state index >= 15 is 0 Å². The van der Waals surface area contributed by atoms with Crippen LogP contribution in [0.3, 0.4) is 0 Å². The van der Waals surface area contributed by atoms with Crippen molar-refractivity contribution in [2.45, 2.75) is 173 Å². The average molecular weight is 907 g/mol. The number of fused-ring (bicyclic) bond motifs is 3. The van der Waals surface area contributed by atoms with Gasteiger partial charge in [-0.3, -0.25) is 24.0 Å². The number of hydrogen-bond donors (Lipinski definition) is 3. The van der Waals surface area contributed by atoms with Crippen LogP contribution in [0.1, 0.15) is 119 Å². The zero-order chi connectivity index (χ0) is 46.8. The Morgan fingerprint density at radius 3 is 2.25 bits per heavy atom. The minimum Gasteiger partial charge on any atom is -0.456 e. The second-order valence-corrected chi connectivity index (χ2v) is 19.8. The van der Waals surface area contributed by atoms with Crippen molar-refractivity contribution < 1.29 is 62.7 Å². The molecular weight excluding hydrogens is 833 g/mol. The lowest BCUT2D eigenvalue weighted by molar-refractivity contribution is -0.302. The maximum absolute atomic E-state index is 14.4. The lowest BCUT2D eigenvalue weighted by Crippen LogP contribution is -2.64. The first kappa shape index (κ1) is 52.6. The number of methoxy groups -OCH3 is 3. The highest BCUT2D eigenvalue weighted by atomic mass is 32.2. The van der Waals surface area contributed by atoms with Gasteiger partial charge in [0.05, 0.1) is 31.0 Å². The highest BCUT2D eigenvalue weighted by molar-refractivity contribution is 8.14. The fourth-order valence-corrected chi connectivity index (χ4v) is 11.0. The van der Waals surface area contributed by atoms with Crippen LogP contribution in [0.5, 0.6) is 0 Å². The predicted molar refractivity (Wildman–Crippen MR) is 237 cm³/mol. The number of ketones is 2. The fourth-order valence-electron chi connectivity index (χ4n) is 9.92. The van der Waals surface area contributed by atoms with E-state index in [0.29, 0.717) is 56.9 Å². The molecule has 0 aromatic carbocycles. The summed E-state index contributed by atoms with van der Waals surface area (Å²) in [5, 5.41) is 26.1. The largest absolute Gasteiger partial charge is 0.456 e. The topological polar surface area (TPSA) is 204 Å². The number of Topliss-reactive ketones (excluding diaryl/α,β-unsaturated/α-hetero) is 2. The van der Waals surface area contributed by atoms with Crippen molar-refractivity contribution >= 4 is 46.2 Å². The van der Waals surface area contributed by atoms with Crippen LogP contribution in [0.4, 0.5) is 0 Å². The van der Waals surface area contributed by atoms with Gasteiger partial charge < -0.3 is 44.1 Å². The van der Waals surface area contributed by atoms with E-state index in [1.807, 2.05) is 39.8 Å². The first-order valence-electron chi connectivity index (χ1n) is 22.8. The number of ether oxygens (including phenoxy) is 5. The minimum absolute atomic E-state index is 0.0164. The van der Waals surface area contributed by atoms with E-state index in [1.54, 1.807) is 21.0 Å². The number of hydrogen-bond acceptors (Lipinski definition) is 14. The first-order valence-corrected chi connectivity index (χ1v) is 23.7. The summed E-state index contributed by atoms with van der Waals surface area (Å²) in [5.74, 6) is -8.05. The molecule has 1 aliphatic carbocycles. The van der Waals surface area contributed by atoms with Gasteiger partial charge in [0, 0.05) is 64.2 Å². The van der Waals surface area contributed by atoms with Gasteiger partial charge in [-0.1, -0.05) is 57.2 Å². The molecule has 14 unspecified atom stereocenters. The molecule has 3 N–H and O–H groups in total. The highest BCUT2D eigenvalue weighted by Gasteiger charge is 2.56. The molecule has 0 aromatic heterocycles. The number of aliphatic hydroxyl groups is 2. The monoisotopic (exact) mass is 906 g/mol. The number of nitrogens with zero attached hydrogens (tertiary/aromatic N) is 1. The third kappa shape index (κ3) is 13.5. The summed E-state index contributed by atoms with van der Waals surface area (Å²) in [4.78, 5) is 82.1. The van der Waals surface area contributed by atoms with Gasteiger partial charge in [0.25, 0.3) is 11.7 Å². The molecule has 4 rings (SSSR count). The third-order valence-electron chi connectivity index (χ3n) is 13.6. The van der Waals surface area contributed by atoms with Gasteiger partial charge in [0.2, 0.25) is 16.8 Å². The van der Waals surface area contributed by atoms with Crippen molar-refractivity contribution in [1.82, 2.24) is 10.2 Å². The van der Waals surface area contributed by atoms with Crippen LogP contribution in [0.25, 0.3) is 0 Å². The Morgan fingerprint density at radius 1 is 0.952 bits per heavy atom. The van der Waals surface area contributed by atoms with Crippen molar-refractivity contribution in [3.63, 3.8) is 0 Å². The Hall–Kier alpha value is -2.99. The van der Waals surface area contributed by atoms with Crippen LogP contribution in [0.15, 0.2) is 23.3 Å². The molecule has 1 saturated carbocycles. The summed E-state index contributed by atoms with van der Waals surface area (Å²) in [6, 6.07) is -1.17. The van der Waals surface area contributed by atoms with Crippen LogP contribution in [-0.2, 0) is 52.5 Å². The third-order valence-corrected chi connectivity index (χ3v) is 14.9. The molecule has 3 fully saturated rings. The van der Waals surface area contributed by atoms with E-state index < -0.39 is 77.8 Å². The molecule has 16 heteroatoms. The number of nitrogens with one attached hydrogen (secondary N) is 1. The molecule has 0 radical (unpaired) electrons. The molecule has 2 amide bonds. The summed E-state index contributed by atoms with van der Waals surface area (Å²) < 4.78 is 30.2.